The Bertz CT molecular complexity index is 580. The molecule has 0 aromatic carbocycles. The Hall–Kier alpha value is -1.83. The highest BCUT2D eigenvalue weighted by Gasteiger charge is 2.41. The van der Waals surface area contributed by atoms with Crippen LogP contribution < -0.4 is 9.64 Å². The fourth-order valence-corrected chi connectivity index (χ4v) is 2.85. The molecule has 1 amide bonds. The van der Waals surface area contributed by atoms with E-state index in [1.54, 1.807) is 27.7 Å². The highest BCUT2D eigenvalue weighted by molar-refractivity contribution is 7.16. The number of carbonyl (C=O) groups excluding carboxylic acids is 2. The zero-order valence-corrected chi connectivity index (χ0v) is 15.8. The van der Waals surface area contributed by atoms with Crippen LogP contribution in [-0.2, 0) is 15.1 Å². The molecule has 130 valence electrons. The van der Waals surface area contributed by atoms with Crippen LogP contribution in [0.25, 0.3) is 0 Å². The summed E-state index contributed by atoms with van der Waals surface area (Å²) in [6, 6.07) is 0. The van der Waals surface area contributed by atoms with Gasteiger partial charge in [0, 0.05) is 21.1 Å². The third kappa shape index (κ3) is 4.13. The summed E-state index contributed by atoms with van der Waals surface area (Å²) in [6.45, 7) is 6.96. The van der Waals surface area contributed by atoms with Gasteiger partial charge in [-0.25, -0.2) is 4.79 Å². The topological polar surface area (TPSA) is 72.0 Å². The summed E-state index contributed by atoms with van der Waals surface area (Å²) in [5.74, 6) is 0.323. The lowest BCUT2D eigenvalue weighted by Crippen LogP contribution is -2.48. The lowest BCUT2D eigenvalue weighted by molar-refractivity contribution is -0.117. The van der Waals surface area contributed by atoms with Gasteiger partial charge in [-0.05, 0) is 27.7 Å². The molecule has 0 spiro atoms. The lowest BCUT2D eigenvalue weighted by atomic mass is 10.0. The summed E-state index contributed by atoms with van der Waals surface area (Å²) >= 11 is 1.30. The van der Waals surface area contributed by atoms with Crippen LogP contribution in [0.4, 0.5) is 9.93 Å². The second-order valence-electron chi connectivity index (χ2n) is 6.53. The minimum Gasteiger partial charge on any atom is -0.480 e. The first-order valence-electron chi connectivity index (χ1n) is 7.12. The van der Waals surface area contributed by atoms with Crippen molar-refractivity contribution >= 4 is 28.8 Å². The van der Waals surface area contributed by atoms with E-state index in [2.05, 4.69) is 4.98 Å². The predicted octanol–water partition coefficient (Wildman–Crippen LogP) is 2.50. The van der Waals surface area contributed by atoms with Crippen molar-refractivity contribution in [3.8, 4) is 5.88 Å². The van der Waals surface area contributed by atoms with Gasteiger partial charge >= 0.3 is 6.09 Å². The first-order valence-corrected chi connectivity index (χ1v) is 7.93. The lowest BCUT2D eigenvalue weighted by Gasteiger charge is -2.34. The largest absolute Gasteiger partial charge is 0.480 e. The highest BCUT2D eigenvalue weighted by Crippen LogP contribution is 2.40. The number of hydrogen-bond donors (Lipinski definition) is 0. The van der Waals surface area contributed by atoms with Crippen molar-refractivity contribution in [1.82, 2.24) is 9.88 Å². The predicted molar refractivity (Wildman–Crippen MR) is 90.4 cm³/mol. The Kier molecular flexibility index (Phi) is 5.63. The van der Waals surface area contributed by atoms with Gasteiger partial charge in [-0.2, -0.15) is 4.98 Å². The van der Waals surface area contributed by atoms with Gasteiger partial charge in [0.2, 0.25) is 5.88 Å². The monoisotopic (exact) mass is 343 g/mol. The van der Waals surface area contributed by atoms with Crippen LogP contribution in [0.1, 0.15) is 32.6 Å². The summed E-state index contributed by atoms with van der Waals surface area (Å²) < 4.78 is 10.6. The number of carbonyl (C=O) groups is 2. The highest BCUT2D eigenvalue weighted by atomic mass is 32.1. The third-order valence-corrected chi connectivity index (χ3v) is 4.65. The first-order chi connectivity index (χ1) is 10.5. The molecular formula is C15H25N3O4S. The van der Waals surface area contributed by atoms with E-state index in [0.717, 1.165) is 0 Å². The number of amides is 1. The van der Waals surface area contributed by atoms with Crippen LogP contribution in [0.15, 0.2) is 0 Å². The molecule has 0 radical (unpaired) electrons. The smallest absolute Gasteiger partial charge is 0.411 e. The Morgan fingerprint density at radius 1 is 1.22 bits per heavy atom. The Balaban J connectivity index is 3.28. The minimum absolute atomic E-state index is 0.323. The van der Waals surface area contributed by atoms with Crippen LogP contribution in [0.5, 0.6) is 5.88 Å². The normalized spacial score (nSPS) is 13.9. The molecule has 0 aliphatic heterocycles. The number of likely N-dealkylation sites (N-methyl/N-ethyl adjacent to an activating group) is 1. The van der Waals surface area contributed by atoms with E-state index in [9.17, 15) is 9.59 Å². The van der Waals surface area contributed by atoms with E-state index >= 15 is 0 Å². The zero-order valence-electron chi connectivity index (χ0n) is 15.0. The van der Waals surface area contributed by atoms with Crippen molar-refractivity contribution in [2.24, 2.45) is 0 Å². The average molecular weight is 343 g/mol. The van der Waals surface area contributed by atoms with Crippen LogP contribution in [0, 0.1) is 0 Å². The number of aromatic nitrogens is 1. The minimum atomic E-state index is -1.24. The van der Waals surface area contributed by atoms with Crippen molar-refractivity contribution < 1.29 is 19.1 Å². The van der Waals surface area contributed by atoms with E-state index in [0.29, 0.717) is 22.2 Å². The van der Waals surface area contributed by atoms with Gasteiger partial charge in [0.05, 0.1) is 7.11 Å². The molecule has 1 rings (SSSR count). The molecule has 0 fully saturated rings. The molecule has 1 unspecified atom stereocenters. The average Bonchev–Trinajstić information content (AvgIpc) is 2.88. The second kappa shape index (κ2) is 6.74. The van der Waals surface area contributed by atoms with Gasteiger partial charge in [-0.3, -0.25) is 4.90 Å². The SMILES string of the molecule is COc1nc(N(C)C)sc1C(C)(C=O)N(C)C(=O)OC(C)(C)C. The molecule has 8 heteroatoms. The summed E-state index contributed by atoms with van der Waals surface area (Å²) in [5, 5.41) is 0.683. The van der Waals surface area contributed by atoms with Crippen molar-refractivity contribution in [2.75, 3.05) is 33.2 Å². The molecular weight excluding hydrogens is 318 g/mol. The number of methoxy groups -OCH3 is 1. The molecule has 1 aromatic rings. The first kappa shape index (κ1) is 19.2. The van der Waals surface area contributed by atoms with Crippen LogP contribution >= 0.6 is 11.3 Å². The molecule has 1 aromatic heterocycles. The number of anilines is 1. The van der Waals surface area contributed by atoms with Crippen molar-refractivity contribution in [1.29, 1.82) is 0 Å². The molecule has 23 heavy (non-hydrogen) atoms. The van der Waals surface area contributed by atoms with Crippen molar-refractivity contribution in [3.63, 3.8) is 0 Å². The van der Waals surface area contributed by atoms with E-state index in [1.807, 2.05) is 19.0 Å². The molecule has 0 saturated heterocycles. The Morgan fingerprint density at radius 3 is 2.17 bits per heavy atom. The van der Waals surface area contributed by atoms with Crippen LogP contribution in [-0.4, -0.2) is 56.1 Å². The molecule has 0 N–H and O–H groups in total. The number of ether oxygens (including phenoxy) is 2. The molecule has 1 atom stereocenters. The van der Waals surface area contributed by atoms with Gasteiger partial charge in [-0.1, -0.05) is 11.3 Å². The fraction of sp³-hybridized carbons (Fsp3) is 0.667. The summed E-state index contributed by atoms with van der Waals surface area (Å²) in [7, 11) is 6.70. The van der Waals surface area contributed by atoms with E-state index in [1.165, 1.54) is 30.4 Å². The molecule has 0 bridgehead atoms. The molecule has 0 aliphatic rings. The molecule has 1 heterocycles. The summed E-state index contributed by atoms with van der Waals surface area (Å²) in [6.07, 6.45) is 0.112. The van der Waals surface area contributed by atoms with Crippen LogP contribution in [0.2, 0.25) is 0 Å². The summed E-state index contributed by atoms with van der Waals surface area (Å²) in [5.41, 5.74) is -1.89. The van der Waals surface area contributed by atoms with Crippen molar-refractivity contribution in [2.45, 2.75) is 38.8 Å². The Morgan fingerprint density at radius 2 is 1.78 bits per heavy atom. The quantitative estimate of drug-likeness (QED) is 0.765. The Labute approximate surface area is 141 Å². The van der Waals surface area contributed by atoms with Crippen molar-refractivity contribution in [3.05, 3.63) is 4.88 Å². The van der Waals surface area contributed by atoms with Gasteiger partial charge in [0.25, 0.3) is 0 Å². The number of hydrogen-bond acceptors (Lipinski definition) is 7. The number of rotatable bonds is 5. The number of nitrogens with zero attached hydrogens (tertiary/aromatic N) is 3. The maximum Gasteiger partial charge on any atom is 0.411 e. The van der Waals surface area contributed by atoms with Crippen LogP contribution in [0.3, 0.4) is 0 Å². The number of aldehydes is 1. The van der Waals surface area contributed by atoms with E-state index in [-0.39, 0.29) is 0 Å². The fourth-order valence-electron chi connectivity index (χ4n) is 1.75. The second-order valence-corrected chi connectivity index (χ2v) is 7.51. The third-order valence-electron chi connectivity index (χ3n) is 3.21. The van der Waals surface area contributed by atoms with Gasteiger partial charge in [0.15, 0.2) is 11.4 Å². The molecule has 7 nitrogen and oxygen atoms in total. The maximum atomic E-state index is 12.4. The van der Waals surface area contributed by atoms with Gasteiger partial charge in [0.1, 0.15) is 16.0 Å². The maximum absolute atomic E-state index is 12.4. The molecule has 0 aliphatic carbocycles. The van der Waals surface area contributed by atoms with Gasteiger partial charge in [-0.15, -0.1) is 0 Å². The molecule has 0 saturated carbocycles. The number of thiazole rings is 1. The van der Waals surface area contributed by atoms with E-state index in [4.69, 9.17) is 9.47 Å². The van der Waals surface area contributed by atoms with Gasteiger partial charge < -0.3 is 19.2 Å². The van der Waals surface area contributed by atoms with E-state index < -0.39 is 17.2 Å². The summed E-state index contributed by atoms with van der Waals surface area (Å²) in [4.78, 5) is 32.2. The zero-order chi connectivity index (χ0) is 18.0. The standard InChI is InChI=1S/C15H25N3O4S/c1-14(2,3)22-13(20)18(7)15(4,9-19)10-11(21-8)16-12(23-10)17(5)6/h9H,1-8H3.